The first-order chi connectivity index (χ1) is 12.0. The van der Waals surface area contributed by atoms with Gasteiger partial charge in [-0.2, -0.15) is 0 Å². The molecule has 0 aromatic heterocycles. The fraction of sp³-hybridized carbons (Fsp3) is 0.368. The van der Waals surface area contributed by atoms with Gasteiger partial charge in [-0.05, 0) is 37.6 Å². The molecule has 2 N–H and O–H groups in total. The standard InChI is InChI=1S/C19H22F2N2O2/c1-25-16-6-4-13(19(24)10-16)11-23-8-2-3-15(12-23)22-14-5-7-17(20)18(21)9-14/h4-7,9-10,15,22,24H,2-3,8,11-12H2,1H3. The van der Waals surface area contributed by atoms with Crippen LogP contribution in [0, 0.1) is 11.6 Å². The summed E-state index contributed by atoms with van der Waals surface area (Å²) in [6.45, 7) is 2.33. The minimum Gasteiger partial charge on any atom is -0.507 e. The topological polar surface area (TPSA) is 44.7 Å². The number of phenolic OH excluding ortho intramolecular Hbond substituents is 1. The van der Waals surface area contributed by atoms with E-state index >= 15 is 0 Å². The van der Waals surface area contributed by atoms with Crippen molar-refractivity contribution in [3.63, 3.8) is 0 Å². The number of hydrogen-bond acceptors (Lipinski definition) is 4. The molecule has 0 amide bonds. The smallest absolute Gasteiger partial charge is 0.160 e. The fourth-order valence-corrected chi connectivity index (χ4v) is 3.18. The second-order valence-electron chi connectivity index (χ2n) is 6.34. The van der Waals surface area contributed by atoms with E-state index in [0.29, 0.717) is 18.0 Å². The molecule has 2 aromatic rings. The average Bonchev–Trinajstić information content (AvgIpc) is 2.60. The fourth-order valence-electron chi connectivity index (χ4n) is 3.18. The number of aromatic hydroxyl groups is 1. The van der Waals surface area contributed by atoms with Gasteiger partial charge in [-0.1, -0.05) is 6.07 Å². The number of benzene rings is 2. The number of rotatable bonds is 5. The number of phenols is 1. The summed E-state index contributed by atoms with van der Waals surface area (Å²) < 4.78 is 31.5. The Labute approximate surface area is 146 Å². The highest BCUT2D eigenvalue weighted by Gasteiger charge is 2.21. The Kier molecular flexibility index (Phi) is 5.38. The summed E-state index contributed by atoms with van der Waals surface area (Å²) in [6, 6.07) is 9.32. The van der Waals surface area contributed by atoms with Crippen molar-refractivity contribution in [2.24, 2.45) is 0 Å². The first kappa shape index (κ1) is 17.5. The second-order valence-corrected chi connectivity index (χ2v) is 6.34. The van der Waals surface area contributed by atoms with Crippen molar-refractivity contribution in [2.75, 3.05) is 25.5 Å². The van der Waals surface area contributed by atoms with Gasteiger partial charge in [0.1, 0.15) is 11.5 Å². The summed E-state index contributed by atoms with van der Waals surface area (Å²) in [5.41, 5.74) is 1.42. The van der Waals surface area contributed by atoms with Gasteiger partial charge in [-0.3, -0.25) is 4.90 Å². The molecular weight excluding hydrogens is 326 g/mol. The number of methoxy groups -OCH3 is 1. The third-order valence-electron chi connectivity index (χ3n) is 4.48. The lowest BCUT2D eigenvalue weighted by atomic mass is 10.0. The number of piperidine rings is 1. The predicted molar refractivity (Wildman–Crippen MR) is 92.9 cm³/mol. The zero-order chi connectivity index (χ0) is 17.8. The summed E-state index contributed by atoms with van der Waals surface area (Å²) >= 11 is 0. The minimum atomic E-state index is -0.846. The molecule has 134 valence electrons. The van der Waals surface area contributed by atoms with Crippen LogP contribution in [0.3, 0.4) is 0 Å². The highest BCUT2D eigenvalue weighted by molar-refractivity contribution is 5.44. The number of nitrogens with one attached hydrogen (secondary N) is 1. The predicted octanol–water partition coefficient (Wildman–Crippen LogP) is 3.76. The monoisotopic (exact) mass is 348 g/mol. The van der Waals surface area contributed by atoms with E-state index in [1.54, 1.807) is 19.2 Å². The van der Waals surface area contributed by atoms with Gasteiger partial charge < -0.3 is 15.2 Å². The van der Waals surface area contributed by atoms with Gasteiger partial charge in [-0.25, -0.2) is 8.78 Å². The van der Waals surface area contributed by atoms with Crippen LogP contribution in [-0.4, -0.2) is 36.2 Å². The van der Waals surface area contributed by atoms with Crippen LogP contribution in [-0.2, 0) is 6.54 Å². The molecule has 0 bridgehead atoms. The lowest BCUT2D eigenvalue weighted by molar-refractivity contribution is 0.206. The van der Waals surface area contributed by atoms with Crippen LogP contribution in [0.2, 0.25) is 0 Å². The number of ether oxygens (including phenoxy) is 1. The molecular formula is C19H22F2N2O2. The van der Waals surface area contributed by atoms with E-state index in [9.17, 15) is 13.9 Å². The van der Waals surface area contributed by atoms with Gasteiger partial charge in [0.2, 0.25) is 0 Å². The van der Waals surface area contributed by atoms with E-state index < -0.39 is 11.6 Å². The normalized spacial score (nSPS) is 18.1. The molecule has 6 heteroatoms. The van der Waals surface area contributed by atoms with Crippen molar-refractivity contribution in [1.82, 2.24) is 4.90 Å². The minimum absolute atomic E-state index is 0.152. The maximum Gasteiger partial charge on any atom is 0.160 e. The lowest BCUT2D eigenvalue weighted by Gasteiger charge is -2.33. The Morgan fingerprint density at radius 3 is 2.76 bits per heavy atom. The maximum absolute atomic E-state index is 13.3. The van der Waals surface area contributed by atoms with Crippen LogP contribution in [0.25, 0.3) is 0 Å². The largest absolute Gasteiger partial charge is 0.507 e. The first-order valence-corrected chi connectivity index (χ1v) is 8.35. The zero-order valence-electron chi connectivity index (χ0n) is 14.1. The van der Waals surface area contributed by atoms with Crippen molar-refractivity contribution in [3.8, 4) is 11.5 Å². The molecule has 4 nitrogen and oxygen atoms in total. The van der Waals surface area contributed by atoms with E-state index in [4.69, 9.17) is 4.74 Å². The van der Waals surface area contributed by atoms with Crippen molar-refractivity contribution in [3.05, 3.63) is 53.6 Å². The van der Waals surface area contributed by atoms with Gasteiger partial charge in [0, 0.05) is 42.5 Å². The van der Waals surface area contributed by atoms with E-state index in [0.717, 1.165) is 37.6 Å². The van der Waals surface area contributed by atoms with Crippen molar-refractivity contribution >= 4 is 5.69 Å². The second kappa shape index (κ2) is 7.70. The van der Waals surface area contributed by atoms with E-state index in [-0.39, 0.29) is 11.8 Å². The summed E-state index contributed by atoms with van der Waals surface area (Å²) in [6.07, 6.45) is 1.96. The molecule has 1 aliphatic rings. The van der Waals surface area contributed by atoms with Crippen LogP contribution in [0.1, 0.15) is 18.4 Å². The number of hydrogen-bond donors (Lipinski definition) is 2. The number of likely N-dealkylation sites (tertiary alicyclic amines) is 1. The number of halogens is 2. The van der Waals surface area contributed by atoms with Crippen molar-refractivity contribution in [1.29, 1.82) is 0 Å². The summed E-state index contributed by atoms with van der Waals surface area (Å²) in [5.74, 6) is -0.848. The molecule has 1 saturated heterocycles. The number of nitrogens with zero attached hydrogens (tertiary/aromatic N) is 1. The molecule has 0 aliphatic carbocycles. The van der Waals surface area contributed by atoms with Gasteiger partial charge >= 0.3 is 0 Å². The maximum atomic E-state index is 13.3. The van der Waals surface area contributed by atoms with Crippen LogP contribution >= 0.6 is 0 Å². The van der Waals surface area contributed by atoms with Crippen LogP contribution in [0.4, 0.5) is 14.5 Å². The molecule has 3 rings (SSSR count). The van der Waals surface area contributed by atoms with Crippen LogP contribution < -0.4 is 10.1 Å². The molecule has 0 saturated carbocycles. The molecule has 2 aromatic carbocycles. The molecule has 25 heavy (non-hydrogen) atoms. The molecule has 1 heterocycles. The Balaban J connectivity index is 1.62. The zero-order valence-corrected chi connectivity index (χ0v) is 14.1. The summed E-state index contributed by atoms with van der Waals surface area (Å²) in [4.78, 5) is 2.24. The van der Waals surface area contributed by atoms with Gasteiger partial charge in [0.25, 0.3) is 0 Å². The Bertz CT molecular complexity index is 739. The van der Waals surface area contributed by atoms with Gasteiger partial charge in [0.15, 0.2) is 11.6 Å². The highest BCUT2D eigenvalue weighted by Crippen LogP contribution is 2.26. The molecule has 1 aliphatic heterocycles. The molecule has 1 atom stereocenters. The van der Waals surface area contributed by atoms with Crippen LogP contribution in [0.15, 0.2) is 36.4 Å². The third-order valence-corrected chi connectivity index (χ3v) is 4.48. The van der Waals surface area contributed by atoms with Gasteiger partial charge in [-0.15, -0.1) is 0 Å². The molecule has 0 radical (unpaired) electrons. The Morgan fingerprint density at radius 2 is 2.04 bits per heavy atom. The summed E-state index contributed by atoms with van der Waals surface area (Å²) in [7, 11) is 1.56. The van der Waals surface area contributed by atoms with E-state index in [1.807, 2.05) is 12.1 Å². The molecule has 0 spiro atoms. The van der Waals surface area contributed by atoms with Crippen molar-refractivity contribution < 1.29 is 18.6 Å². The summed E-state index contributed by atoms with van der Waals surface area (Å²) in [5, 5.41) is 13.4. The van der Waals surface area contributed by atoms with Crippen LogP contribution in [0.5, 0.6) is 11.5 Å². The van der Waals surface area contributed by atoms with Crippen molar-refractivity contribution in [2.45, 2.75) is 25.4 Å². The third kappa shape index (κ3) is 4.39. The Morgan fingerprint density at radius 1 is 1.20 bits per heavy atom. The quantitative estimate of drug-likeness (QED) is 0.864. The molecule has 1 unspecified atom stereocenters. The molecule has 1 fully saturated rings. The highest BCUT2D eigenvalue weighted by atomic mass is 19.2. The first-order valence-electron chi connectivity index (χ1n) is 8.35. The SMILES string of the molecule is COc1ccc(CN2CCCC(Nc3ccc(F)c(F)c3)C2)c(O)c1. The van der Waals surface area contributed by atoms with E-state index in [2.05, 4.69) is 10.2 Å². The lowest BCUT2D eigenvalue weighted by Crippen LogP contribution is -2.41. The average molecular weight is 348 g/mol. The van der Waals surface area contributed by atoms with E-state index in [1.165, 1.54) is 6.07 Å². The Hall–Kier alpha value is -2.34. The number of anilines is 1. The van der Waals surface area contributed by atoms with Gasteiger partial charge in [0.05, 0.1) is 7.11 Å².